The maximum atomic E-state index is 14.3. The largest absolute Gasteiger partial charge is 0.469 e. The number of fused-ring (bicyclic) bond motifs is 3. The van der Waals surface area contributed by atoms with E-state index in [4.69, 9.17) is 13.9 Å². The summed E-state index contributed by atoms with van der Waals surface area (Å²) in [6.07, 6.45) is 5.11. The molecule has 3 heterocycles. The zero-order valence-corrected chi connectivity index (χ0v) is 20.3. The predicted molar refractivity (Wildman–Crippen MR) is 134 cm³/mol. The Bertz CT molecular complexity index is 1420. The zero-order valence-electron chi connectivity index (χ0n) is 20.3. The normalized spacial score (nSPS) is 23.5. The molecule has 0 aliphatic carbocycles. The van der Waals surface area contributed by atoms with Crippen LogP contribution in [0, 0.1) is 16.7 Å². The first-order valence-corrected chi connectivity index (χ1v) is 11.9. The molecule has 1 aromatic heterocycles. The standard InChI is InChI=1S/C29H24N2O6/c1-3-35-28(34)29(17-30)24-15-12-19-7-4-5-8-22(19)31(24)26(25(29)23-9-6-16-36-23)27(33)20-10-13-21(14-11-20)37-18(2)32/h4-16,24-26H,3H2,1-2H3/t24-,25-,26+,29-/m0/s1. The second-order valence-corrected chi connectivity index (χ2v) is 8.89. The predicted octanol–water partition coefficient (Wildman–Crippen LogP) is 4.53. The third-order valence-electron chi connectivity index (χ3n) is 6.86. The average Bonchev–Trinajstić information content (AvgIpc) is 3.53. The van der Waals surface area contributed by atoms with Gasteiger partial charge >= 0.3 is 11.9 Å². The first-order chi connectivity index (χ1) is 17.9. The summed E-state index contributed by atoms with van der Waals surface area (Å²) in [5.74, 6) is -1.82. The van der Waals surface area contributed by atoms with Crippen LogP contribution >= 0.6 is 0 Å². The first-order valence-electron chi connectivity index (χ1n) is 11.9. The molecule has 2 aliphatic rings. The van der Waals surface area contributed by atoms with Gasteiger partial charge in [-0.1, -0.05) is 30.4 Å². The molecule has 0 spiro atoms. The van der Waals surface area contributed by atoms with E-state index in [1.54, 1.807) is 37.3 Å². The number of carbonyl (C=O) groups excluding carboxylic acids is 3. The highest BCUT2D eigenvalue weighted by atomic mass is 16.5. The maximum absolute atomic E-state index is 14.3. The van der Waals surface area contributed by atoms with Gasteiger partial charge in [0.2, 0.25) is 0 Å². The number of hydrogen-bond donors (Lipinski definition) is 0. The number of furan rings is 1. The Hall–Kier alpha value is -4.64. The lowest BCUT2D eigenvalue weighted by Crippen LogP contribution is -2.47. The smallest absolute Gasteiger partial charge is 0.329 e. The minimum absolute atomic E-state index is 0.0797. The van der Waals surface area contributed by atoms with Gasteiger partial charge in [-0.2, -0.15) is 5.26 Å². The van der Waals surface area contributed by atoms with Gasteiger partial charge in [-0.3, -0.25) is 14.4 Å². The van der Waals surface area contributed by atoms with Crippen molar-refractivity contribution in [2.24, 2.45) is 5.41 Å². The topological polar surface area (TPSA) is 110 Å². The highest BCUT2D eigenvalue weighted by Gasteiger charge is 2.68. The van der Waals surface area contributed by atoms with E-state index in [0.29, 0.717) is 17.1 Å². The second kappa shape index (κ2) is 9.43. The van der Waals surface area contributed by atoms with E-state index in [0.717, 1.165) is 11.3 Å². The van der Waals surface area contributed by atoms with Crippen molar-refractivity contribution in [3.05, 3.63) is 89.9 Å². The molecule has 0 radical (unpaired) electrons. The van der Waals surface area contributed by atoms with Crippen LogP contribution in [0.1, 0.15) is 41.4 Å². The molecule has 5 rings (SSSR count). The fourth-order valence-electron chi connectivity index (χ4n) is 5.42. The van der Waals surface area contributed by atoms with Crippen LogP contribution in [0.3, 0.4) is 0 Å². The van der Waals surface area contributed by atoms with Crippen LogP contribution in [0.4, 0.5) is 5.69 Å². The maximum Gasteiger partial charge on any atom is 0.329 e. The van der Waals surface area contributed by atoms with Crippen molar-refractivity contribution in [3.63, 3.8) is 0 Å². The van der Waals surface area contributed by atoms with Crippen LogP contribution in [0.25, 0.3) is 6.08 Å². The number of esters is 2. The van der Waals surface area contributed by atoms with E-state index in [-0.39, 0.29) is 12.4 Å². The Labute approximate surface area is 213 Å². The Morgan fingerprint density at radius 2 is 1.84 bits per heavy atom. The minimum atomic E-state index is -1.75. The summed E-state index contributed by atoms with van der Waals surface area (Å²) in [4.78, 5) is 41.0. The Kier molecular flexibility index (Phi) is 6.14. The number of Topliss-reactive ketones (excluding diaryl/α,β-unsaturated/α-hetero) is 1. The molecular formula is C29H24N2O6. The van der Waals surface area contributed by atoms with Crippen molar-refractivity contribution < 1.29 is 28.3 Å². The fraction of sp³-hybridized carbons (Fsp3) is 0.241. The number of hydrogen-bond acceptors (Lipinski definition) is 8. The van der Waals surface area contributed by atoms with E-state index in [1.807, 2.05) is 35.2 Å². The van der Waals surface area contributed by atoms with Gasteiger partial charge < -0.3 is 18.8 Å². The van der Waals surface area contributed by atoms with Crippen molar-refractivity contribution in [2.75, 3.05) is 11.5 Å². The van der Waals surface area contributed by atoms with Gasteiger partial charge in [0.1, 0.15) is 17.6 Å². The highest BCUT2D eigenvalue weighted by Crippen LogP contribution is 2.56. The Balaban J connectivity index is 1.71. The van der Waals surface area contributed by atoms with Crippen LogP contribution < -0.4 is 9.64 Å². The van der Waals surface area contributed by atoms with Crippen LogP contribution in [0.5, 0.6) is 5.75 Å². The molecule has 0 saturated carbocycles. The van der Waals surface area contributed by atoms with Gasteiger partial charge in [0, 0.05) is 18.2 Å². The minimum Gasteiger partial charge on any atom is -0.469 e. The monoisotopic (exact) mass is 496 g/mol. The molecule has 8 heteroatoms. The van der Waals surface area contributed by atoms with E-state index >= 15 is 0 Å². The molecule has 3 aromatic rings. The Morgan fingerprint density at radius 1 is 1.08 bits per heavy atom. The third-order valence-corrected chi connectivity index (χ3v) is 6.86. The highest BCUT2D eigenvalue weighted by molar-refractivity contribution is 6.06. The number of anilines is 1. The van der Waals surface area contributed by atoms with Crippen molar-refractivity contribution in [1.82, 2.24) is 0 Å². The number of ketones is 1. The molecule has 0 unspecified atom stereocenters. The van der Waals surface area contributed by atoms with Gasteiger partial charge in [-0.25, -0.2) is 0 Å². The quantitative estimate of drug-likeness (QED) is 0.278. The molecule has 0 N–H and O–H groups in total. The molecule has 0 bridgehead atoms. The van der Waals surface area contributed by atoms with Gasteiger partial charge in [0.25, 0.3) is 0 Å². The van der Waals surface area contributed by atoms with Crippen LogP contribution in [0.2, 0.25) is 0 Å². The summed E-state index contributed by atoms with van der Waals surface area (Å²) in [5.41, 5.74) is 0.164. The molecule has 37 heavy (non-hydrogen) atoms. The van der Waals surface area contributed by atoms with Crippen LogP contribution in [-0.2, 0) is 14.3 Å². The SMILES string of the molecule is CCOC(=O)[C@@]1(C#N)[C@@H]2C=Cc3ccccc3N2[C@@H](C(=O)c2ccc(OC(C)=O)cc2)[C@@H]1c1ccco1. The lowest BCUT2D eigenvalue weighted by Gasteiger charge is -2.36. The lowest BCUT2D eigenvalue weighted by atomic mass is 9.70. The van der Waals surface area contributed by atoms with Gasteiger partial charge in [-0.05, 0) is 55.0 Å². The number of nitriles is 1. The number of carbonyl (C=O) groups is 3. The van der Waals surface area contributed by atoms with E-state index < -0.39 is 35.4 Å². The number of para-hydroxylation sites is 1. The molecule has 8 nitrogen and oxygen atoms in total. The number of rotatable bonds is 6. The molecule has 1 fully saturated rings. The summed E-state index contributed by atoms with van der Waals surface area (Å²) < 4.78 is 16.3. The summed E-state index contributed by atoms with van der Waals surface area (Å²) in [6, 6.07) is 17.6. The lowest BCUT2D eigenvalue weighted by molar-refractivity contribution is -0.152. The van der Waals surface area contributed by atoms with E-state index in [1.165, 1.54) is 25.3 Å². The average molecular weight is 497 g/mol. The number of ether oxygens (including phenoxy) is 2. The van der Waals surface area contributed by atoms with Crippen LogP contribution in [0.15, 0.2) is 77.4 Å². The number of benzene rings is 2. The van der Waals surface area contributed by atoms with Crippen molar-refractivity contribution in [2.45, 2.75) is 31.8 Å². The van der Waals surface area contributed by atoms with E-state index in [9.17, 15) is 19.6 Å². The summed E-state index contributed by atoms with van der Waals surface area (Å²) in [6.45, 7) is 3.05. The summed E-state index contributed by atoms with van der Waals surface area (Å²) in [7, 11) is 0. The zero-order chi connectivity index (χ0) is 26.2. The van der Waals surface area contributed by atoms with Crippen molar-refractivity contribution in [1.29, 1.82) is 5.26 Å². The van der Waals surface area contributed by atoms with Gasteiger partial charge in [0.15, 0.2) is 11.2 Å². The molecule has 4 atom stereocenters. The molecule has 0 amide bonds. The first kappa shape index (κ1) is 24.1. The van der Waals surface area contributed by atoms with Crippen molar-refractivity contribution in [3.8, 4) is 11.8 Å². The molecule has 2 aromatic carbocycles. The van der Waals surface area contributed by atoms with Crippen molar-refractivity contribution >= 4 is 29.5 Å². The van der Waals surface area contributed by atoms with Gasteiger partial charge in [0.05, 0.1) is 30.9 Å². The fourth-order valence-corrected chi connectivity index (χ4v) is 5.42. The Morgan fingerprint density at radius 3 is 2.49 bits per heavy atom. The molecular weight excluding hydrogens is 472 g/mol. The molecule has 2 aliphatic heterocycles. The molecule has 186 valence electrons. The second-order valence-electron chi connectivity index (χ2n) is 8.89. The molecule has 1 saturated heterocycles. The summed E-state index contributed by atoms with van der Waals surface area (Å²) in [5, 5.41) is 10.6. The van der Waals surface area contributed by atoms with Gasteiger partial charge in [-0.15, -0.1) is 0 Å². The number of nitrogens with zero attached hydrogens (tertiary/aromatic N) is 2. The third kappa shape index (κ3) is 3.80. The van der Waals surface area contributed by atoms with Crippen LogP contribution in [-0.4, -0.2) is 36.4 Å². The van der Waals surface area contributed by atoms with E-state index in [2.05, 4.69) is 6.07 Å². The summed E-state index contributed by atoms with van der Waals surface area (Å²) >= 11 is 0.